The van der Waals surface area contributed by atoms with Crippen molar-refractivity contribution in [1.29, 1.82) is 0 Å². The van der Waals surface area contributed by atoms with Crippen LogP contribution in [0.4, 0.5) is 5.69 Å². The molecule has 32 heavy (non-hydrogen) atoms. The Morgan fingerprint density at radius 1 is 1.19 bits per heavy atom. The smallest absolute Gasteiger partial charge is 0.228 e. The van der Waals surface area contributed by atoms with Crippen LogP contribution >= 0.6 is 0 Å². The maximum absolute atomic E-state index is 12.8. The zero-order chi connectivity index (χ0) is 22.7. The number of hydrogen-bond donors (Lipinski definition) is 2. The van der Waals surface area contributed by atoms with Crippen molar-refractivity contribution in [2.75, 3.05) is 33.1 Å². The molecule has 8 nitrogen and oxygen atoms in total. The molecule has 1 unspecified atom stereocenters. The van der Waals surface area contributed by atoms with Crippen LogP contribution in [0.2, 0.25) is 0 Å². The summed E-state index contributed by atoms with van der Waals surface area (Å²) >= 11 is 0. The van der Waals surface area contributed by atoms with Gasteiger partial charge in [0.25, 0.3) is 0 Å². The van der Waals surface area contributed by atoms with E-state index in [0.29, 0.717) is 23.5 Å². The Bertz CT molecular complexity index is 1240. The van der Waals surface area contributed by atoms with Crippen molar-refractivity contribution in [2.45, 2.75) is 6.92 Å². The lowest BCUT2D eigenvalue weighted by atomic mass is 10.0. The van der Waals surface area contributed by atoms with Crippen LogP contribution in [0.15, 0.2) is 55.0 Å². The van der Waals surface area contributed by atoms with Crippen LogP contribution in [0.25, 0.3) is 33.4 Å². The van der Waals surface area contributed by atoms with Gasteiger partial charge in [0.1, 0.15) is 12.1 Å². The molecule has 2 N–H and O–H groups in total. The van der Waals surface area contributed by atoms with Crippen LogP contribution < -0.4 is 10.1 Å². The molecule has 0 fully saturated rings. The van der Waals surface area contributed by atoms with Crippen molar-refractivity contribution in [2.24, 2.45) is 5.92 Å². The third-order valence-corrected chi connectivity index (χ3v) is 5.26. The molecule has 0 aliphatic rings. The number of nitrogens with zero attached hydrogens (tertiary/aromatic N) is 4. The van der Waals surface area contributed by atoms with Gasteiger partial charge in [0.15, 0.2) is 0 Å². The van der Waals surface area contributed by atoms with E-state index in [-0.39, 0.29) is 11.8 Å². The SMILES string of the molecule is COc1cc2ncnc(-c3cn[nH]c3-c3ccccc3)c2cc1NC(=O)C(C)CN(C)C. The molecular weight excluding hydrogens is 404 g/mol. The summed E-state index contributed by atoms with van der Waals surface area (Å²) in [6, 6.07) is 13.6. The lowest BCUT2D eigenvalue weighted by Gasteiger charge is -2.18. The van der Waals surface area contributed by atoms with Crippen molar-refractivity contribution in [1.82, 2.24) is 25.1 Å². The van der Waals surface area contributed by atoms with Gasteiger partial charge in [-0.25, -0.2) is 9.97 Å². The van der Waals surface area contributed by atoms with Crippen molar-refractivity contribution in [3.8, 4) is 28.3 Å². The van der Waals surface area contributed by atoms with E-state index in [0.717, 1.165) is 27.9 Å². The van der Waals surface area contributed by atoms with Gasteiger partial charge in [-0.1, -0.05) is 37.3 Å². The second-order valence-electron chi connectivity index (χ2n) is 7.97. The molecule has 0 aliphatic carbocycles. The van der Waals surface area contributed by atoms with E-state index in [1.165, 1.54) is 6.33 Å². The molecule has 2 aromatic carbocycles. The van der Waals surface area contributed by atoms with E-state index in [2.05, 4.69) is 25.5 Å². The standard InChI is InChI=1S/C24H26N6O2/c1-15(13-30(2)3)24(31)28-20-10-17-19(11-21(20)32-4)25-14-26-23(17)18-12-27-29-22(18)16-8-6-5-7-9-16/h5-12,14-15H,13H2,1-4H3,(H,27,29)(H,28,31). The van der Waals surface area contributed by atoms with Gasteiger partial charge in [0, 0.05) is 35.0 Å². The summed E-state index contributed by atoms with van der Waals surface area (Å²) in [6.45, 7) is 2.54. The lowest BCUT2D eigenvalue weighted by Crippen LogP contribution is -2.30. The Balaban J connectivity index is 1.79. The normalized spacial score (nSPS) is 12.2. The van der Waals surface area contributed by atoms with Gasteiger partial charge in [-0.3, -0.25) is 9.89 Å². The highest BCUT2D eigenvalue weighted by atomic mass is 16.5. The molecule has 0 radical (unpaired) electrons. The van der Waals surface area contributed by atoms with Crippen LogP contribution in [0.1, 0.15) is 6.92 Å². The van der Waals surface area contributed by atoms with Crippen LogP contribution in [0.5, 0.6) is 5.75 Å². The molecule has 0 spiro atoms. The Morgan fingerprint density at radius 2 is 1.97 bits per heavy atom. The van der Waals surface area contributed by atoms with Crippen molar-refractivity contribution in [3.63, 3.8) is 0 Å². The third-order valence-electron chi connectivity index (χ3n) is 5.26. The van der Waals surface area contributed by atoms with Crippen molar-refractivity contribution in [3.05, 3.63) is 55.0 Å². The van der Waals surface area contributed by atoms with Gasteiger partial charge < -0.3 is 15.0 Å². The minimum absolute atomic E-state index is 0.0805. The number of ether oxygens (including phenoxy) is 1. The molecule has 2 heterocycles. The van der Waals surface area contributed by atoms with E-state index in [4.69, 9.17) is 4.74 Å². The van der Waals surface area contributed by atoms with Crippen molar-refractivity contribution >= 4 is 22.5 Å². The molecule has 0 saturated heterocycles. The number of aromatic nitrogens is 4. The number of hydrogen-bond acceptors (Lipinski definition) is 6. The van der Waals surface area contributed by atoms with E-state index >= 15 is 0 Å². The highest BCUT2D eigenvalue weighted by Crippen LogP contribution is 2.37. The van der Waals surface area contributed by atoms with Gasteiger partial charge in [-0.15, -0.1) is 0 Å². The molecule has 0 bridgehead atoms. The summed E-state index contributed by atoms with van der Waals surface area (Å²) in [5, 5.41) is 11.1. The number of nitrogens with one attached hydrogen (secondary N) is 2. The number of methoxy groups -OCH3 is 1. The summed E-state index contributed by atoms with van der Waals surface area (Å²) in [5.74, 6) is 0.279. The number of rotatable bonds is 7. The minimum atomic E-state index is -0.185. The fourth-order valence-electron chi connectivity index (χ4n) is 3.74. The van der Waals surface area contributed by atoms with Gasteiger partial charge in [-0.05, 0) is 20.2 Å². The van der Waals surface area contributed by atoms with Gasteiger partial charge in [0.2, 0.25) is 5.91 Å². The first-order chi connectivity index (χ1) is 15.5. The van der Waals surface area contributed by atoms with Gasteiger partial charge >= 0.3 is 0 Å². The minimum Gasteiger partial charge on any atom is -0.494 e. The van der Waals surface area contributed by atoms with Crippen LogP contribution in [0.3, 0.4) is 0 Å². The predicted molar refractivity (Wildman–Crippen MR) is 125 cm³/mol. The summed E-state index contributed by atoms with van der Waals surface area (Å²) < 4.78 is 5.53. The molecule has 0 aliphatic heterocycles. The van der Waals surface area contributed by atoms with E-state index in [1.807, 2.05) is 68.4 Å². The fourth-order valence-corrected chi connectivity index (χ4v) is 3.74. The molecular formula is C24H26N6O2. The topological polar surface area (TPSA) is 96.0 Å². The Hall–Kier alpha value is -3.78. The number of benzene rings is 2. The number of anilines is 1. The van der Waals surface area contributed by atoms with Gasteiger partial charge in [0.05, 0.1) is 35.9 Å². The van der Waals surface area contributed by atoms with Crippen LogP contribution in [-0.4, -0.2) is 58.7 Å². The molecule has 0 saturated carbocycles. The summed E-state index contributed by atoms with van der Waals surface area (Å²) in [7, 11) is 5.46. The molecule has 4 aromatic rings. The average molecular weight is 431 g/mol. The Labute approximate surface area is 186 Å². The molecule has 1 amide bonds. The van der Waals surface area contributed by atoms with E-state index in [1.54, 1.807) is 13.3 Å². The zero-order valence-electron chi connectivity index (χ0n) is 18.6. The number of fused-ring (bicyclic) bond motifs is 1. The monoisotopic (exact) mass is 430 g/mol. The summed E-state index contributed by atoms with van der Waals surface area (Å²) in [4.78, 5) is 23.7. The predicted octanol–water partition coefficient (Wildman–Crippen LogP) is 3.83. The quantitative estimate of drug-likeness (QED) is 0.463. The maximum atomic E-state index is 12.8. The van der Waals surface area contributed by atoms with Crippen LogP contribution in [0, 0.1) is 5.92 Å². The second kappa shape index (κ2) is 9.15. The molecule has 164 valence electrons. The summed E-state index contributed by atoms with van der Waals surface area (Å²) in [5.41, 5.74) is 4.75. The molecule has 8 heteroatoms. The molecule has 2 aromatic heterocycles. The Kier molecular flexibility index (Phi) is 6.13. The second-order valence-corrected chi connectivity index (χ2v) is 7.97. The average Bonchev–Trinajstić information content (AvgIpc) is 3.28. The fraction of sp³-hybridized carbons (Fsp3) is 0.250. The number of carbonyl (C=O) groups is 1. The lowest BCUT2D eigenvalue weighted by molar-refractivity contribution is -0.119. The molecule has 4 rings (SSSR count). The van der Waals surface area contributed by atoms with Crippen LogP contribution in [-0.2, 0) is 4.79 Å². The highest BCUT2D eigenvalue weighted by Gasteiger charge is 2.19. The van der Waals surface area contributed by atoms with Gasteiger partial charge in [-0.2, -0.15) is 5.10 Å². The largest absolute Gasteiger partial charge is 0.494 e. The first kappa shape index (κ1) is 21.5. The maximum Gasteiger partial charge on any atom is 0.228 e. The number of carbonyl (C=O) groups excluding carboxylic acids is 1. The first-order valence-electron chi connectivity index (χ1n) is 10.4. The van der Waals surface area contributed by atoms with E-state index in [9.17, 15) is 4.79 Å². The summed E-state index contributed by atoms with van der Waals surface area (Å²) in [6.07, 6.45) is 3.28. The van der Waals surface area contributed by atoms with E-state index < -0.39 is 0 Å². The Morgan fingerprint density at radius 3 is 2.69 bits per heavy atom. The first-order valence-corrected chi connectivity index (χ1v) is 10.4. The third kappa shape index (κ3) is 4.31. The zero-order valence-corrected chi connectivity index (χ0v) is 18.6. The molecule has 1 atom stereocenters. The number of aromatic amines is 1. The number of H-pyrrole nitrogens is 1. The highest BCUT2D eigenvalue weighted by molar-refractivity contribution is 6.02. The van der Waals surface area contributed by atoms with Crippen molar-refractivity contribution < 1.29 is 9.53 Å². The number of amides is 1.